The lowest BCUT2D eigenvalue weighted by Gasteiger charge is -2.21. The number of rotatable bonds is 7. The molecule has 0 aliphatic heterocycles. The lowest BCUT2D eigenvalue weighted by molar-refractivity contribution is -0.117. The predicted molar refractivity (Wildman–Crippen MR) is 64.5 cm³/mol. The highest BCUT2D eigenvalue weighted by Crippen LogP contribution is 2.04. The number of allylic oxidation sites excluding steroid dienone is 1. The van der Waals surface area contributed by atoms with Gasteiger partial charge >= 0.3 is 0 Å². The monoisotopic (exact) mass is 226 g/mol. The summed E-state index contributed by atoms with van der Waals surface area (Å²) in [5.74, 6) is 5.18. The summed E-state index contributed by atoms with van der Waals surface area (Å²) in [4.78, 5) is 11.3. The van der Waals surface area contributed by atoms with Crippen molar-refractivity contribution < 1.29 is 4.79 Å². The number of hydrogen-bond acceptors (Lipinski definition) is 3. The van der Waals surface area contributed by atoms with Crippen molar-refractivity contribution in [1.29, 1.82) is 0 Å². The van der Waals surface area contributed by atoms with E-state index in [2.05, 4.69) is 17.4 Å². The number of carbonyl (C=O) groups is 1. The summed E-state index contributed by atoms with van der Waals surface area (Å²) >= 11 is 0. The molecule has 0 rings (SSSR count). The number of ketones is 1. The first-order chi connectivity index (χ1) is 7.52. The Labute approximate surface area is 97.3 Å². The zero-order valence-corrected chi connectivity index (χ0v) is 10.6. The lowest BCUT2D eigenvalue weighted by Crippen LogP contribution is -2.27. The Hall–Kier alpha value is -1.39. The minimum atomic E-state index is 0.0319. The third-order valence-corrected chi connectivity index (χ3v) is 2.41. The van der Waals surface area contributed by atoms with Gasteiger partial charge in [-0.1, -0.05) is 37.3 Å². The highest BCUT2D eigenvalue weighted by atomic mass is 16.1. The third-order valence-electron chi connectivity index (χ3n) is 2.41. The topological polar surface area (TPSA) is 71.0 Å². The summed E-state index contributed by atoms with van der Waals surface area (Å²) in [7, 11) is 0. The molecule has 0 aromatic rings. The van der Waals surface area contributed by atoms with Gasteiger partial charge in [-0.25, -0.2) is 0 Å². The van der Waals surface area contributed by atoms with Gasteiger partial charge in [-0.2, -0.15) is 0 Å². The van der Waals surface area contributed by atoms with E-state index in [0.717, 1.165) is 6.42 Å². The molecule has 1 atom stereocenters. The van der Waals surface area contributed by atoms with Gasteiger partial charge in [0.2, 0.25) is 0 Å². The van der Waals surface area contributed by atoms with Gasteiger partial charge in [-0.05, 0) is 19.4 Å². The van der Waals surface area contributed by atoms with Gasteiger partial charge in [0.25, 0.3) is 0 Å². The second-order valence-electron chi connectivity index (χ2n) is 4.04. The Morgan fingerprint density at radius 2 is 2.06 bits per heavy atom. The van der Waals surface area contributed by atoms with Crippen molar-refractivity contribution in [3.8, 4) is 0 Å². The van der Waals surface area contributed by atoms with Gasteiger partial charge in [-0.3, -0.25) is 9.80 Å². The second kappa shape index (κ2) is 7.84. The molecule has 0 amide bonds. The summed E-state index contributed by atoms with van der Waals surface area (Å²) < 4.78 is 0. The summed E-state index contributed by atoms with van der Waals surface area (Å²) in [5.41, 5.74) is 0. The van der Waals surface area contributed by atoms with Gasteiger partial charge in [0, 0.05) is 12.0 Å². The maximum atomic E-state index is 11.3. The first-order valence-electron chi connectivity index (χ1n) is 5.60. The van der Waals surface area contributed by atoms with Crippen molar-refractivity contribution in [2.75, 3.05) is 6.54 Å². The Balaban J connectivity index is 4.27. The van der Waals surface area contributed by atoms with Crippen molar-refractivity contribution in [3.05, 3.63) is 12.2 Å². The molecule has 16 heavy (non-hydrogen) atoms. The van der Waals surface area contributed by atoms with E-state index in [1.807, 2.05) is 20.8 Å². The summed E-state index contributed by atoms with van der Waals surface area (Å²) in [6.07, 6.45) is 4.33. The van der Waals surface area contributed by atoms with Crippen LogP contribution in [0.4, 0.5) is 0 Å². The van der Waals surface area contributed by atoms with Crippen LogP contribution in [0.3, 0.4) is 0 Å². The Bertz CT molecular complexity index is 261. The van der Waals surface area contributed by atoms with Crippen LogP contribution >= 0.6 is 0 Å². The molecule has 0 aromatic carbocycles. The van der Waals surface area contributed by atoms with E-state index in [1.165, 1.54) is 0 Å². The third kappa shape index (κ3) is 5.48. The molecule has 0 saturated heterocycles. The molecule has 0 aliphatic rings. The standard InChI is InChI=1S/C11H22N4O/c1-5-10(4)15(14-13-12)8-6-7-11(16)9(2)3/h6-7,9-10H,5,8H2,1-4H3,(H2,12,14)/b7-6+. The minimum Gasteiger partial charge on any atom is -0.303 e. The van der Waals surface area contributed by atoms with Gasteiger partial charge in [0.05, 0.1) is 6.54 Å². The van der Waals surface area contributed by atoms with Gasteiger partial charge in [-0.15, -0.1) is 0 Å². The van der Waals surface area contributed by atoms with E-state index in [1.54, 1.807) is 17.2 Å². The predicted octanol–water partition coefficient (Wildman–Crippen LogP) is 2.11. The van der Waals surface area contributed by atoms with Crippen molar-refractivity contribution in [2.24, 2.45) is 22.2 Å². The van der Waals surface area contributed by atoms with Gasteiger partial charge in [0.1, 0.15) is 0 Å². The van der Waals surface area contributed by atoms with E-state index in [4.69, 9.17) is 5.84 Å². The van der Waals surface area contributed by atoms with Crippen LogP contribution in [0.2, 0.25) is 0 Å². The number of carbonyl (C=O) groups excluding carboxylic acids is 1. The van der Waals surface area contributed by atoms with Crippen LogP contribution in [-0.4, -0.2) is 23.4 Å². The van der Waals surface area contributed by atoms with Crippen LogP contribution in [0, 0.1) is 5.92 Å². The SMILES string of the molecule is CCC(C)N(C/C=C/C(=O)C(C)C)/N=N\N. The van der Waals surface area contributed by atoms with Gasteiger partial charge in [0.15, 0.2) is 5.78 Å². The van der Waals surface area contributed by atoms with Crippen molar-refractivity contribution in [2.45, 2.75) is 40.2 Å². The second-order valence-corrected chi connectivity index (χ2v) is 4.04. The molecule has 0 saturated carbocycles. The molecule has 0 aliphatic carbocycles. The molecule has 92 valence electrons. The Morgan fingerprint density at radius 1 is 1.44 bits per heavy atom. The molecule has 1 unspecified atom stereocenters. The zero-order chi connectivity index (χ0) is 12.6. The average molecular weight is 226 g/mol. The Morgan fingerprint density at radius 3 is 2.50 bits per heavy atom. The van der Waals surface area contributed by atoms with E-state index in [0.29, 0.717) is 6.54 Å². The van der Waals surface area contributed by atoms with Crippen molar-refractivity contribution in [1.82, 2.24) is 5.01 Å². The summed E-state index contributed by atoms with van der Waals surface area (Å²) in [6, 6.07) is 0.256. The first-order valence-corrected chi connectivity index (χ1v) is 5.60. The fraction of sp³-hybridized carbons (Fsp3) is 0.727. The number of nitrogens with two attached hydrogens (primary N) is 1. The van der Waals surface area contributed by atoms with E-state index in [9.17, 15) is 4.79 Å². The van der Waals surface area contributed by atoms with Crippen LogP contribution in [0.15, 0.2) is 22.6 Å². The van der Waals surface area contributed by atoms with Crippen LogP contribution in [0.25, 0.3) is 0 Å². The lowest BCUT2D eigenvalue weighted by atomic mass is 10.1. The maximum Gasteiger partial charge on any atom is 0.157 e. The molecule has 0 spiro atoms. The normalized spacial score (nSPS) is 13.8. The highest BCUT2D eigenvalue weighted by molar-refractivity contribution is 5.91. The fourth-order valence-corrected chi connectivity index (χ4v) is 1.05. The van der Waals surface area contributed by atoms with E-state index in [-0.39, 0.29) is 17.7 Å². The zero-order valence-electron chi connectivity index (χ0n) is 10.6. The molecule has 2 N–H and O–H groups in total. The largest absolute Gasteiger partial charge is 0.303 e. The van der Waals surface area contributed by atoms with Crippen LogP contribution in [-0.2, 0) is 4.79 Å². The summed E-state index contributed by atoms with van der Waals surface area (Å²) in [5, 5.41) is 8.83. The smallest absolute Gasteiger partial charge is 0.157 e. The fourth-order valence-electron chi connectivity index (χ4n) is 1.05. The molecule has 0 bridgehead atoms. The highest BCUT2D eigenvalue weighted by Gasteiger charge is 2.08. The molecule has 0 aromatic heterocycles. The van der Waals surface area contributed by atoms with Crippen LogP contribution in [0.5, 0.6) is 0 Å². The molecular formula is C11H22N4O. The van der Waals surface area contributed by atoms with Crippen LogP contribution in [0.1, 0.15) is 34.1 Å². The van der Waals surface area contributed by atoms with Gasteiger partial charge < -0.3 is 5.84 Å². The molecule has 0 fully saturated rings. The molecule has 0 heterocycles. The van der Waals surface area contributed by atoms with Crippen LogP contribution < -0.4 is 5.84 Å². The quantitative estimate of drug-likeness (QED) is 0.313. The van der Waals surface area contributed by atoms with Crippen molar-refractivity contribution >= 4 is 5.78 Å². The Kier molecular flexibility index (Phi) is 7.16. The van der Waals surface area contributed by atoms with Crippen molar-refractivity contribution in [3.63, 3.8) is 0 Å². The maximum absolute atomic E-state index is 11.3. The first kappa shape index (κ1) is 14.6. The average Bonchev–Trinajstić information content (AvgIpc) is 2.26. The molecule has 5 heteroatoms. The number of nitrogens with zero attached hydrogens (tertiary/aromatic N) is 3. The summed E-state index contributed by atoms with van der Waals surface area (Å²) in [6.45, 7) is 8.39. The molecular weight excluding hydrogens is 204 g/mol. The minimum absolute atomic E-state index is 0.0319. The van der Waals surface area contributed by atoms with E-state index < -0.39 is 0 Å². The van der Waals surface area contributed by atoms with E-state index >= 15 is 0 Å². The number of hydrogen-bond donors (Lipinski definition) is 1. The molecule has 5 nitrogen and oxygen atoms in total. The molecule has 0 radical (unpaired) electrons.